The minimum Gasteiger partial charge on any atom is -0.481 e. The molecule has 82 valence electrons. The van der Waals surface area contributed by atoms with Crippen LogP contribution in [0.1, 0.15) is 19.3 Å². The van der Waals surface area contributed by atoms with E-state index in [0.717, 1.165) is 12.8 Å². The first-order valence-corrected chi connectivity index (χ1v) is 6.00. The van der Waals surface area contributed by atoms with Crippen LogP contribution in [0.4, 0.5) is 5.13 Å². The van der Waals surface area contributed by atoms with Crippen molar-refractivity contribution in [1.82, 2.24) is 4.98 Å². The standard InChI is InChI=1S/C9H11ClN2O2S/c10-7-4-15-9(12-7)11-6(3-8(13)14)5-1-2-5/h4-6H,1-3H2,(H,11,12)(H,13,14). The van der Waals surface area contributed by atoms with Crippen molar-refractivity contribution in [2.24, 2.45) is 5.92 Å². The van der Waals surface area contributed by atoms with Gasteiger partial charge >= 0.3 is 5.97 Å². The highest BCUT2D eigenvalue weighted by atomic mass is 35.5. The predicted molar refractivity (Wildman–Crippen MR) is 59.5 cm³/mol. The van der Waals surface area contributed by atoms with Gasteiger partial charge in [0.1, 0.15) is 5.15 Å². The summed E-state index contributed by atoms with van der Waals surface area (Å²) in [6, 6.07) is -0.00952. The Balaban J connectivity index is 1.96. The molecule has 0 spiro atoms. The van der Waals surface area contributed by atoms with E-state index in [4.69, 9.17) is 16.7 Å². The highest BCUT2D eigenvalue weighted by Crippen LogP contribution is 2.36. The molecule has 15 heavy (non-hydrogen) atoms. The summed E-state index contributed by atoms with van der Waals surface area (Å²) in [5.74, 6) is -0.300. The van der Waals surface area contributed by atoms with Crippen LogP contribution >= 0.6 is 22.9 Å². The molecular formula is C9H11ClN2O2S. The third-order valence-corrected chi connectivity index (χ3v) is 3.47. The Bertz CT molecular complexity index is 365. The SMILES string of the molecule is O=C(O)CC(Nc1nc(Cl)cs1)C1CC1. The molecule has 1 heterocycles. The Hall–Kier alpha value is -0.810. The molecule has 0 aromatic carbocycles. The summed E-state index contributed by atoms with van der Waals surface area (Å²) in [5.41, 5.74) is 0. The summed E-state index contributed by atoms with van der Waals surface area (Å²) in [6.45, 7) is 0. The maximum Gasteiger partial charge on any atom is 0.305 e. The molecule has 1 aliphatic carbocycles. The molecular weight excluding hydrogens is 236 g/mol. The van der Waals surface area contributed by atoms with E-state index in [2.05, 4.69) is 10.3 Å². The van der Waals surface area contributed by atoms with E-state index >= 15 is 0 Å². The van der Waals surface area contributed by atoms with Gasteiger partial charge in [-0.1, -0.05) is 11.6 Å². The largest absolute Gasteiger partial charge is 0.481 e. The molecule has 1 atom stereocenters. The van der Waals surface area contributed by atoms with Gasteiger partial charge in [0.25, 0.3) is 0 Å². The first kappa shape index (κ1) is 10.7. The summed E-state index contributed by atoms with van der Waals surface area (Å²) in [5, 5.41) is 14.8. The minimum atomic E-state index is -0.776. The lowest BCUT2D eigenvalue weighted by atomic mass is 10.1. The average Bonchev–Trinajstić information content (AvgIpc) is 2.90. The molecule has 0 bridgehead atoms. The number of thiazole rings is 1. The molecule has 0 radical (unpaired) electrons. The summed E-state index contributed by atoms with van der Waals surface area (Å²) in [6.07, 6.45) is 2.34. The number of nitrogens with one attached hydrogen (secondary N) is 1. The van der Waals surface area contributed by atoms with Gasteiger partial charge in [0, 0.05) is 11.4 Å². The number of nitrogens with zero attached hydrogens (tertiary/aromatic N) is 1. The zero-order chi connectivity index (χ0) is 10.8. The van der Waals surface area contributed by atoms with Crippen LogP contribution in [-0.4, -0.2) is 22.1 Å². The zero-order valence-electron chi connectivity index (χ0n) is 7.94. The van der Waals surface area contributed by atoms with Gasteiger partial charge < -0.3 is 10.4 Å². The second-order valence-corrected chi connectivity index (χ2v) is 4.91. The van der Waals surface area contributed by atoms with Gasteiger partial charge in [-0.05, 0) is 18.8 Å². The third kappa shape index (κ3) is 3.07. The number of anilines is 1. The first-order valence-electron chi connectivity index (χ1n) is 4.74. The van der Waals surface area contributed by atoms with Crippen molar-refractivity contribution in [1.29, 1.82) is 0 Å². The third-order valence-electron chi connectivity index (χ3n) is 2.37. The Labute approximate surface area is 96.3 Å². The molecule has 0 amide bonds. The maximum absolute atomic E-state index is 10.7. The molecule has 1 unspecified atom stereocenters. The lowest BCUT2D eigenvalue weighted by Gasteiger charge is -2.14. The number of halogens is 1. The van der Waals surface area contributed by atoms with Crippen molar-refractivity contribution in [2.45, 2.75) is 25.3 Å². The lowest BCUT2D eigenvalue weighted by Crippen LogP contribution is -2.25. The molecule has 0 saturated heterocycles. The molecule has 1 aromatic heterocycles. The summed E-state index contributed by atoms with van der Waals surface area (Å²) in [4.78, 5) is 14.7. The Morgan fingerprint density at radius 2 is 2.53 bits per heavy atom. The maximum atomic E-state index is 10.7. The van der Waals surface area contributed by atoms with Crippen molar-refractivity contribution in [3.63, 3.8) is 0 Å². The molecule has 0 aliphatic heterocycles. The highest BCUT2D eigenvalue weighted by molar-refractivity contribution is 7.14. The molecule has 2 N–H and O–H groups in total. The predicted octanol–water partition coefficient (Wildman–Crippen LogP) is 2.46. The molecule has 4 nitrogen and oxygen atoms in total. The number of carboxylic acids is 1. The van der Waals surface area contributed by atoms with Crippen LogP contribution in [0.25, 0.3) is 0 Å². The smallest absolute Gasteiger partial charge is 0.305 e. The van der Waals surface area contributed by atoms with Crippen LogP contribution in [0.15, 0.2) is 5.38 Å². The molecule has 2 rings (SSSR count). The van der Waals surface area contributed by atoms with Crippen LogP contribution < -0.4 is 5.32 Å². The Kier molecular flexibility index (Phi) is 3.11. The quantitative estimate of drug-likeness (QED) is 0.838. The first-order chi connectivity index (χ1) is 7.15. The minimum absolute atomic E-state index is 0.00952. The van der Waals surface area contributed by atoms with Crippen LogP contribution in [0.2, 0.25) is 5.15 Å². The lowest BCUT2D eigenvalue weighted by molar-refractivity contribution is -0.137. The normalized spacial score (nSPS) is 17.4. The number of hydrogen-bond acceptors (Lipinski definition) is 4. The molecule has 1 aliphatic rings. The fourth-order valence-electron chi connectivity index (χ4n) is 1.50. The zero-order valence-corrected chi connectivity index (χ0v) is 9.51. The van der Waals surface area contributed by atoms with Crippen molar-refractivity contribution >= 4 is 34.0 Å². The van der Waals surface area contributed by atoms with Gasteiger partial charge in [-0.25, -0.2) is 4.98 Å². The van der Waals surface area contributed by atoms with Crippen LogP contribution in [0.3, 0.4) is 0 Å². The topological polar surface area (TPSA) is 62.2 Å². The highest BCUT2D eigenvalue weighted by Gasteiger charge is 2.33. The van der Waals surface area contributed by atoms with Gasteiger partial charge in [-0.2, -0.15) is 0 Å². The van der Waals surface area contributed by atoms with Gasteiger partial charge in [-0.15, -0.1) is 11.3 Å². The van der Waals surface area contributed by atoms with Crippen molar-refractivity contribution in [3.8, 4) is 0 Å². The summed E-state index contributed by atoms with van der Waals surface area (Å²) in [7, 11) is 0. The number of hydrogen-bond donors (Lipinski definition) is 2. The summed E-state index contributed by atoms with van der Waals surface area (Å²) < 4.78 is 0. The van der Waals surface area contributed by atoms with Crippen LogP contribution in [0, 0.1) is 5.92 Å². The van der Waals surface area contributed by atoms with E-state index < -0.39 is 5.97 Å². The average molecular weight is 247 g/mol. The van der Waals surface area contributed by atoms with E-state index in [1.807, 2.05) is 0 Å². The van der Waals surface area contributed by atoms with E-state index in [1.54, 1.807) is 5.38 Å². The fraction of sp³-hybridized carbons (Fsp3) is 0.556. The number of rotatable bonds is 5. The van der Waals surface area contributed by atoms with Gasteiger partial charge in [-0.3, -0.25) is 4.79 Å². The van der Waals surface area contributed by atoms with E-state index in [1.165, 1.54) is 11.3 Å². The number of aliphatic carboxylic acids is 1. The van der Waals surface area contributed by atoms with E-state index in [9.17, 15) is 4.79 Å². The van der Waals surface area contributed by atoms with Crippen molar-refractivity contribution in [2.75, 3.05) is 5.32 Å². The van der Waals surface area contributed by atoms with Gasteiger partial charge in [0.2, 0.25) is 0 Å². The van der Waals surface area contributed by atoms with Crippen molar-refractivity contribution in [3.05, 3.63) is 10.5 Å². The summed E-state index contributed by atoms with van der Waals surface area (Å²) >= 11 is 7.09. The number of aromatic nitrogens is 1. The Morgan fingerprint density at radius 1 is 1.80 bits per heavy atom. The molecule has 1 fully saturated rings. The van der Waals surface area contributed by atoms with E-state index in [-0.39, 0.29) is 12.5 Å². The monoisotopic (exact) mass is 246 g/mol. The van der Waals surface area contributed by atoms with Gasteiger partial charge in [0.15, 0.2) is 5.13 Å². The Morgan fingerprint density at radius 3 is 3.00 bits per heavy atom. The van der Waals surface area contributed by atoms with E-state index in [0.29, 0.717) is 16.2 Å². The molecule has 6 heteroatoms. The fourth-order valence-corrected chi connectivity index (χ4v) is 2.40. The second kappa shape index (κ2) is 4.37. The number of carboxylic acid groups (broad SMARTS) is 1. The van der Waals surface area contributed by atoms with Crippen molar-refractivity contribution < 1.29 is 9.90 Å². The number of carbonyl (C=O) groups is 1. The van der Waals surface area contributed by atoms with Gasteiger partial charge in [0.05, 0.1) is 6.42 Å². The van der Waals surface area contributed by atoms with Crippen LogP contribution in [-0.2, 0) is 4.79 Å². The molecule has 1 saturated carbocycles. The molecule has 1 aromatic rings. The second-order valence-electron chi connectivity index (χ2n) is 3.66. The van der Waals surface area contributed by atoms with Crippen LogP contribution in [0.5, 0.6) is 0 Å².